The number of hydrogen-bond acceptors (Lipinski definition) is 8. The van der Waals surface area contributed by atoms with Crippen LogP contribution in [0.5, 0.6) is 11.5 Å². The van der Waals surface area contributed by atoms with E-state index in [1.165, 1.54) is 36.4 Å². The fourth-order valence-electron chi connectivity index (χ4n) is 5.78. The number of Topliss-reactive ketones (excluding diaryl/α,β-unsaturated/α-hetero) is 2. The molecule has 1 fully saturated rings. The van der Waals surface area contributed by atoms with Gasteiger partial charge in [-0.3, -0.25) is 9.59 Å². The van der Waals surface area contributed by atoms with Crippen molar-refractivity contribution in [3.63, 3.8) is 0 Å². The molecule has 5 rings (SSSR count). The number of hydrogen-bond donors (Lipinski definition) is 0. The van der Waals surface area contributed by atoms with Gasteiger partial charge in [-0.25, -0.2) is 0 Å². The first-order valence-electron chi connectivity index (χ1n) is 15.2. The van der Waals surface area contributed by atoms with Gasteiger partial charge >= 0.3 is 12.7 Å². The first-order chi connectivity index (χ1) is 22.8. The molecule has 48 heavy (non-hydrogen) atoms. The summed E-state index contributed by atoms with van der Waals surface area (Å²) in [5, 5.41) is 17.2. The van der Waals surface area contributed by atoms with Gasteiger partial charge in [0, 0.05) is 24.7 Å². The molecule has 0 amide bonds. The number of carbonyl (C=O) groups excluding carboxylic acids is 2. The summed E-state index contributed by atoms with van der Waals surface area (Å²) in [4.78, 5) is 25.2. The van der Waals surface area contributed by atoms with E-state index < -0.39 is 12.7 Å². The van der Waals surface area contributed by atoms with Crippen LogP contribution in [0.2, 0.25) is 0 Å². The van der Waals surface area contributed by atoms with Crippen LogP contribution in [0.3, 0.4) is 0 Å². The third kappa shape index (κ3) is 10.6. The van der Waals surface area contributed by atoms with Gasteiger partial charge in [0.2, 0.25) is 0 Å². The predicted octanol–water partition coefficient (Wildman–Crippen LogP) is 7.21. The number of alkyl halides is 6. The van der Waals surface area contributed by atoms with E-state index in [0.717, 1.165) is 37.1 Å². The average Bonchev–Trinajstić information content (AvgIpc) is 3.00. The van der Waals surface area contributed by atoms with Crippen molar-refractivity contribution in [3.8, 4) is 11.5 Å². The molecule has 8 nitrogen and oxygen atoms in total. The molecule has 0 bridgehead atoms. The monoisotopic (exact) mass is 672 g/mol. The third-order valence-corrected chi connectivity index (χ3v) is 7.81. The Balaban J connectivity index is 1.11. The Morgan fingerprint density at radius 3 is 1.42 bits per heavy atom. The van der Waals surface area contributed by atoms with E-state index in [1.54, 1.807) is 24.3 Å². The summed E-state index contributed by atoms with van der Waals surface area (Å²) in [7, 11) is 0. The molecule has 2 heterocycles. The van der Waals surface area contributed by atoms with Crippen LogP contribution in [0, 0.1) is 0 Å². The van der Waals surface area contributed by atoms with E-state index in [-0.39, 0.29) is 60.6 Å². The molecular weight excluding hydrogens is 642 g/mol. The molecule has 4 aromatic rings. The van der Waals surface area contributed by atoms with E-state index in [4.69, 9.17) is 0 Å². The van der Waals surface area contributed by atoms with E-state index in [1.807, 2.05) is 12.1 Å². The fraction of sp³-hybridized carbons (Fsp3) is 0.353. The van der Waals surface area contributed by atoms with Crippen molar-refractivity contribution >= 4 is 11.6 Å². The zero-order valence-corrected chi connectivity index (χ0v) is 25.4. The Morgan fingerprint density at radius 2 is 1.04 bits per heavy atom. The molecule has 2 atom stereocenters. The molecule has 252 valence electrons. The van der Waals surface area contributed by atoms with Crippen LogP contribution < -0.4 is 9.47 Å². The minimum absolute atomic E-state index is 0.0196. The van der Waals surface area contributed by atoms with Gasteiger partial charge in [-0.05, 0) is 78.9 Å². The van der Waals surface area contributed by atoms with Crippen molar-refractivity contribution in [2.24, 2.45) is 0 Å². The quantitative estimate of drug-likeness (QED) is 0.146. The number of ether oxygens (including phenoxy) is 2. The summed E-state index contributed by atoms with van der Waals surface area (Å²) < 4.78 is 82.8. The van der Waals surface area contributed by atoms with Gasteiger partial charge in [0.05, 0.1) is 35.6 Å². The van der Waals surface area contributed by atoms with E-state index >= 15 is 0 Å². The van der Waals surface area contributed by atoms with Crippen LogP contribution >= 0.6 is 0 Å². The minimum Gasteiger partial charge on any atom is -0.406 e. The molecule has 0 N–H and O–H groups in total. The maximum Gasteiger partial charge on any atom is 0.573 e. The topological polar surface area (TPSA) is 104 Å². The molecule has 0 unspecified atom stereocenters. The Bertz CT molecular complexity index is 1590. The minimum atomic E-state index is -4.82. The molecule has 2 aromatic carbocycles. The Kier molecular flexibility index (Phi) is 10.7. The van der Waals surface area contributed by atoms with Crippen LogP contribution in [-0.4, -0.2) is 44.7 Å². The van der Waals surface area contributed by atoms with Crippen molar-refractivity contribution in [3.05, 3.63) is 107 Å². The summed E-state index contributed by atoms with van der Waals surface area (Å²) in [6.45, 7) is 0. The number of nitrogens with zero attached hydrogens (tertiary/aromatic N) is 4. The van der Waals surface area contributed by atoms with Crippen LogP contribution in [-0.2, 0) is 35.3 Å². The summed E-state index contributed by atoms with van der Waals surface area (Å²) in [5.41, 5.74) is 3.27. The van der Waals surface area contributed by atoms with E-state index in [9.17, 15) is 35.9 Å². The molecule has 1 saturated carbocycles. The van der Waals surface area contributed by atoms with Crippen molar-refractivity contribution in [1.29, 1.82) is 0 Å². The number of rotatable bonds is 12. The van der Waals surface area contributed by atoms with Crippen molar-refractivity contribution in [2.75, 3.05) is 0 Å². The van der Waals surface area contributed by atoms with E-state index in [0.29, 0.717) is 22.5 Å². The lowest BCUT2D eigenvalue weighted by Crippen LogP contribution is -2.17. The molecule has 1 aliphatic carbocycles. The number of carbonyl (C=O) groups is 2. The first kappa shape index (κ1) is 34.5. The van der Waals surface area contributed by atoms with Gasteiger partial charge in [0.1, 0.15) is 23.1 Å². The highest BCUT2D eigenvalue weighted by Gasteiger charge is 2.32. The smallest absolute Gasteiger partial charge is 0.406 e. The summed E-state index contributed by atoms with van der Waals surface area (Å²) in [6, 6.07) is 17.7. The predicted molar refractivity (Wildman–Crippen MR) is 159 cm³/mol. The second-order valence-electron chi connectivity index (χ2n) is 11.6. The lowest BCUT2D eigenvalue weighted by atomic mass is 9.78. The molecule has 14 heteroatoms. The van der Waals surface area contributed by atoms with Gasteiger partial charge in [-0.15, -0.1) is 26.3 Å². The van der Waals surface area contributed by atoms with Crippen molar-refractivity contribution < 1.29 is 45.4 Å². The molecule has 0 saturated heterocycles. The molecule has 0 aliphatic heterocycles. The Hall–Kier alpha value is -4.88. The lowest BCUT2D eigenvalue weighted by Gasteiger charge is -2.28. The standard InChI is InChI=1S/C34H30F6N4O4/c35-33(36,37)47-29-8-1-4-21(16-29)14-27(45)19-25-10-12-31(43-41-25)23-6-3-7-24(18-23)32-13-11-26(42-44-32)20-28(46)15-22-5-2-9-30(17-22)48-34(38,39)40/h1-2,4-5,8-13,16-17,23-24H,3,6-7,14-15,18-20H2/t23-,24+. The lowest BCUT2D eigenvalue weighted by molar-refractivity contribution is -0.275. The zero-order chi connectivity index (χ0) is 34.3. The van der Waals surface area contributed by atoms with Crippen LogP contribution in [0.1, 0.15) is 71.4 Å². The zero-order valence-electron chi connectivity index (χ0n) is 25.4. The third-order valence-electron chi connectivity index (χ3n) is 7.81. The van der Waals surface area contributed by atoms with Gasteiger partial charge in [-0.1, -0.05) is 30.7 Å². The highest BCUT2D eigenvalue weighted by atomic mass is 19.4. The molecule has 0 spiro atoms. The first-order valence-corrected chi connectivity index (χ1v) is 15.2. The molecule has 1 aliphatic rings. The highest BCUT2D eigenvalue weighted by molar-refractivity contribution is 5.83. The molecular formula is C34H30F6N4O4. The number of aromatic nitrogens is 4. The van der Waals surface area contributed by atoms with E-state index in [2.05, 4.69) is 29.9 Å². The average molecular weight is 673 g/mol. The van der Waals surface area contributed by atoms with Gasteiger partial charge in [-0.2, -0.15) is 20.4 Å². The maximum absolute atomic E-state index is 12.6. The second-order valence-corrected chi connectivity index (χ2v) is 11.6. The van der Waals surface area contributed by atoms with Crippen LogP contribution in [0.15, 0.2) is 72.8 Å². The molecule has 2 aromatic heterocycles. The summed E-state index contributed by atoms with van der Waals surface area (Å²) in [6.07, 6.45) is -6.36. The van der Waals surface area contributed by atoms with Crippen LogP contribution in [0.4, 0.5) is 26.3 Å². The highest BCUT2D eigenvalue weighted by Crippen LogP contribution is 2.40. The SMILES string of the molecule is O=C(Cc1cccc(OC(F)(F)F)c1)Cc1ccc([C@@H]2CCC[C@H](c3ccc(CC(=O)Cc4cccc(OC(F)(F)F)c4)nn3)C2)nn1. The van der Waals surface area contributed by atoms with Gasteiger partial charge < -0.3 is 9.47 Å². The van der Waals surface area contributed by atoms with Crippen molar-refractivity contribution in [1.82, 2.24) is 20.4 Å². The van der Waals surface area contributed by atoms with Crippen molar-refractivity contribution in [2.45, 2.75) is 75.9 Å². The summed E-state index contributed by atoms with van der Waals surface area (Å²) >= 11 is 0. The normalized spacial score (nSPS) is 16.7. The Morgan fingerprint density at radius 1 is 0.604 bits per heavy atom. The number of halogens is 6. The number of benzene rings is 2. The largest absolute Gasteiger partial charge is 0.573 e. The van der Waals surface area contributed by atoms with Gasteiger partial charge in [0.15, 0.2) is 0 Å². The van der Waals surface area contributed by atoms with Crippen LogP contribution in [0.25, 0.3) is 0 Å². The van der Waals surface area contributed by atoms with Gasteiger partial charge in [0.25, 0.3) is 0 Å². The summed E-state index contributed by atoms with van der Waals surface area (Å²) in [5.74, 6) is -1.02. The maximum atomic E-state index is 12.6. The Labute approximate surface area is 271 Å². The number of ketones is 2. The second kappa shape index (κ2) is 14.9. The molecule has 0 radical (unpaired) electrons. The fourth-order valence-corrected chi connectivity index (χ4v) is 5.78.